The highest BCUT2D eigenvalue weighted by Crippen LogP contribution is 2.23. The fraction of sp³-hybridized carbons (Fsp3) is 0.900. The van der Waals surface area contributed by atoms with Gasteiger partial charge in [-0.15, -0.1) is 0 Å². The summed E-state index contributed by atoms with van der Waals surface area (Å²) >= 11 is 0. The van der Waals surface area contributed by atoms with E-state index in [2.05, 4.69) is 10.4 Å². The molecule has 0 aromatic carbocycles. The van der Waals surface area contributed by atoms with Crippen molar-refractivity contribution in [3.8, 4) is 0 Å². The number of likely N-dealkylation sites (N-methyl/N-ethyl adjacent to an activating group) is 1. The summed E-state index contributed by atoms with van der Waals surface area (Å²) in [6.45, 7) is 1.76. The molecule has 1 aliphatic carbocycles. The minimum Gasteiger partial charge on any atom is -0.376 e. The number of ether oxygens (including phenoxy) is 1. The molecule has 0 aromatic rings. The third-order valence-corrected chi connectivity index (χ3v) is 2.84. The molecule has 5 nitrogen and oxygen atoms in total. The highest BCUT2D eigenvalue weighted by atomic mass is 16.5. The third-order valence-electron chi connectivity index (χ3n) is 2.84. The van der Waals surface area contributed by atoms with Crippen LogP contribution in [0.3, 0.4) is 0 Å². The molecule has 2 rings (SSSR count). The van der Waals surface area contributed by atoms with Gasteiger partial charge in [-0.2, -0.15) is 0 Å². The average molecular weight is 212 g/mol. The molecule has 0 aromatic heterocycles. The molecule has 15 heavy (non-hydrogen) atoms. The minimum absolute atomic E-state index is 0.341. The van der Waals surface area contributed by atoms with E-state index in [1.165, 1.54) is 19.3 Å². The number of rotatable bonds is 3. The van der Waals surface area contributed by atoms with Gasteiger partial charge in [0, 0.05) is 20.2 Å². The summed E-state index contributed by atoms with van der Waals surface area (Å²) in [6.07, 6.45) is 5.04. The Morgan fingerprint density at radius 3 is 2.87 bits per heavy atom. The lowest BCUT2D eigenvalue weighted by molar-refractivity contribution is 0.0951. The van der Waals surface area contributed by atoms with E-state index >= 15 is 0 Å². The summed E-state index contributed by atoms with van der Waals surface area (Å²) in [6, 6.07) is 0.489. The minimum atomic E-state index is 0.341. The van der Waals surface area contributed by atoms with Crippen LogP contribution in [0.1, 0.15) is 25.7 Å². The van der Waals surface area contributed by atoms with Gasteiger partial charge in [0.15, 0.2) is 0 Å². The second kappa shape index (κ2) is 4.81. The lowest BCUT2D eigenvalue weighted by Gasteiger charge is -2.23. The summed E-state index contributed by atoms with van der Waals surface area (Å²) in [5, 5.41) is 0. The van der Waals surface area contributed by atoms with Crippen molar-refractivity contribution < 1.29 is 4.74 Å². The van der Waals surface area contributed by atoms with E-state index in [1.54, 1.807) is 0 Å². The predicted molar refractivity (Wildman–Crippen MR) is 59.4 cm³/mol. The smallest absolute Gasteiger partial charge is 0.208 e. The van der Waals surface area contributed by atoms with Gasteiger partial charge < -0.3 is 9.64 Å². The first-order valence-electron chi connectivity index (χ1n) is 5.66. The number of nitrogens with two attached hydrogens (primary N) is 1. The number of aliphatic imine (C=N–C) groups is 1. The molecule has 1 atom stereocenters. The van der Waals surface area contributed by atoms with Gasteiger partial charge in [0.05, 0.1) is 12.1 Å². The Balaban J connectivity index is 1.83. The van der Waals surface area contributed by atoms with Crippen molar-refractivity contribution in [1.82, 2.24) is 10.3 Å². The van der Waals surface area contributed by atoms with Crippen LogP contribution >= 0.6 is 0 Å². The molecule has 1 heterocycles. The van der Waals surface area contributed by atoms with Crippen molar-refractivity contribution in [2.24, 2.45) is 10.8 Å². The molecule has 3 N–H and O–H groups in total. The van der Waals surface area contributed by atoms with Crippen LogP contribution in [0.4, 0.5) is 0 Å². The van der Waals surface area contributed by atoms with Gasteiger partial charge in [-0.05, 0) is 25.7 Å². The number of guanidine groups is 1. The van der Waals surface area contributed by atoms with Crippen LogP contribution in [0.15, 0.2) is 4.99 Å². The van der Waals surface area contributed by atoms with Gasteiger partial charge >= 0.3 is 0 Å². The Labute approximate surface area is 90.6 Å². The summed E-state index contributed by atoms with van der Waals surface area (Å²) in [5.74, 6) is 6.25. The largest absolute Gasteiger partial charge is 0.376 e. The molecule has 5 heteroatoms. The van der Waals surface area contributed by atoms with Gasteiger partial charge in [-0.3, -0.25) is 5.43 Å². The maximum atomic E-state index is 5.57. The van der Waals surface area contributed by atoms with Crippen LogP contribution in [0.2, 0.25) is 0 Å². The van der Waals surface area contributed by atoms with Crippen molar-refractivity contribution in [2.45, 2.75) is 37.8 Å². The Morgan fingerprint density at radius 1 is 1.53 bits per heavy atom. The highest BCUT2D eigenvalue weighted by molar-refractivity contribution is 5.79. The monoisotopic (exact) mass is 212 g/mol. The average Bonchev–Trinajstić information content (AvgIpc) is 2.91. The first kappa shape index (κ1) is 10.7. The Kier molecular flexibility index (Phi) is 3.43. The zero-order chi connectivity index (χ0) is 10.7. The van der Waals surface area contributed by atoms with Crippen molar-refractivity contribution in [1.29, 1.82) is 0 Å². The fourth-order valence-corrected chi connectivity index (χ4v) is 1.80. The van der Waals surface area contributed by atoms with Crippen molar-refractivity contribution in [3.05, 3.63) is 0 Å². The topological polar surface area (TPSA) is 62.9 Å². The highest BCUT2D eigenvalue weighted by Gasteiger charge is 2.23. The molecule has 0 radical (unpaired) electrons. The van der Waals surface area contributed by atoms with Crippen LogP contribution in [0.25, 0.3) is 0 Å². The van der Waals surface area contributed by atoms with Crippen LogP contribution in [-0.4, -0.2) is 43.2 Å². The van der Waals surface area contributed by atoms with E-state index in [-0.39, 0.29) is 0 Å². The van der Waals surface area contributed by atoms with E-state index in [9.17, 15) is 0 Å². The van der Waals surface area contributed by atoms with Crippen LogP contribution in [0, 0.1) is 0 Å². The van der Waals surface area contributed by atoms with Crippen LogP contribution in [-0.2, 0) is 4.74 Å². The normalized spacial score (nSPS) is 26.8. The molecule has 0 amide bonds. The fourth-order valence-electron chi connectivity index (χ4n) is 1.80. The maximum Gasteiger partial charge on any atom is 0.208 e. The van der Waals surface area contributed by atoms with Gasteiger partial charge in [0.2, 0.25) is 5.96 Å². The number of hydrogen-bond acceptors (Lipinski definition) is 3. The van der Waals surface area contributed by atoms with E-state index in [0.29, 0.717) is 12.1 Å². The molecule has 2 fully saturated rings. The molecule has 1 unspecified atom stereocenters. The molecular weight excluding hydrogens is 192 g/mol. The standard InChI is InChI=1S/C10H20N4O/c1-14(7-9-3-2-6-15-9)10(13-11)12-8-4-5-8/h8-9H,2-7,11H2,1H3,(H,12,13). The summed E-state index contributed by atoms with van der Waals surface area (Å²) in [4.78, 5) is 6.55. The SMILES string of the molecule is CN(CC1CCCO1)C(=NC1CC1)NN. The number of nitrogens with one attached hydrogen (secondary N) is 1. The second-order valence-corrected chi connectivity index (χ2v) is 4.34. The Morgan fingerprint density at radius 2 is 2.33 bits per heavy atom. The predicted octanol–water partition coefficient (Wildman–Crippen LogP) is 0.0789. The number of hydrogen-bond donors (Lipinski definition) is 2. The lowest BCUT2D eigenvalue weighted by Crippen LogP contribution is -2.45. The first-order chi connectivity index (χ1) is 7.29. The van der Waals surface area contributed by atoms with Crippen LogP contribution < -0.4 is 11.3 Å². The maximum absolute atomic E-state index is 5.57. The van der Waals surface area contributed by atoms with Gasteiger partial charge in [0.1, 0.15) is 0 Å². The molecule has 1 saturated heterocycles. The number of nitrogens with zero attached hydrogens (tertiary/aromatic N) is 2. The van der Waals surface area contributed by atoms with E-state index < -0.39 is 0 Å². The molecule has 1 saturated carbocycles. The van der Waals surface area contributed by atoms with Crippen molar-refractivity contribution >= 4 is 5.96 Å². The summed E-state index contributed by atoms with van der Waals surface area (Å²) in [7, 11) is 2.00. The summed E-state index contributed by atoms with van der Waals surface area (Å²) in [5.41, 5.74) is 2.67. The van der Waals surface area contributed by atoms with E-state index in [1.807, 2.05) is 11.9 Å². The molecule has 86 valence electrons. The molecule has 0 bridgehead atoms. The first-order valence-corrected chi connectivity index (χ1v) is 5.66. The molecule has 2 aliphatic rings. The second-order valence-electron chi connectivity index (χ2n) is 4.34. The number of hydrazine groups is 1. The van der Waals surface area contributed by atoms with E-state index in [4.69, 9.17) is 10.6 Å². The molecule has 1 aliphatic heterocycles. The summed E-state index contributed by atoms with van der Waals surface area (Å²) < 4.78 is 5.57. The quantitative estimate of drug-likeness (QED) is 0.301. The zero-order valence-corrected chi connectivity index (χ0v) is 9.28. The molecule has 0 spiro atoms. The third kappa shape index (κ3) is 3.07. The van der Waals surface area contributed by atoms with Crippen LogP contribution in [0.5, 0.6) is 0 Å². The molecular formula is C10H20N4O. The van der Waals surface area contributed by atoms with Gasteiger partial charge in [-0.25, -0.2) is 10.8 Å². The lowest BCUT2D eigenvalue weighted by atomic mass is 10.2. The van der Waals surface area contributed by atoms with Gasteiger partial charge in [-0.1, -0.05) is 0 Å². The van der Waals surface area contributed by atoms with Gasteiger partial charge in [0.25, 0.3) is 0 Å². The van der Waals surface area contributed by atoms with Crippen molar-refractivity contribution in [2.75, 3.05) is 20.2 Å². The Bertz CT molecular complexity index is 234. The Hall–Kier alpha value is -0.810. The van der Waals surface area contributed by atoms with Crippen molar-refractivity contribution in [3.63, 3.8) is 0 Å². The zero-order valence-electron chi connectivity index (χ0n) is 9.28. The van der Waals surface area contributed by atoms with E-state index in [0.717, 1.165) is 25.5 Å².